The summed E-state index contributed by atoms with van der Waals surface area (Å²) in [5.74, 6) is 1.26. The number of rotatable bonds is 8. The number of furan rings is 1. The lowest BCUT2D eigenvalue weighted by molar-refractivity contribution is -0.138. The van der Waals surface area contributed by atoms with Gasteiger partial charge in [0.15, 0.2) is 0 Å². The van der Waals surface area contributed by atoms with Gasteiger partial charge in [-0.05, 0) is 55.8 Å². The van der Waals surface area contributed by atoms with Crippen LogP contribution >= 0.6 is 0 Å². The SMILES string of the molecule is Cc1cc(/C=C/C(=O)OCCOc2ccccc2)c(C)n1Cc1ccco1. The molecule has 2 heterocycles. The molecule has 0 atom stereocenters. The molecule has 3 aromatic rings. The Kier molecular flexibility index (Phi) is 6.15. The summed E-state index contributed by atoms with van der Waals surface area (Å²) in [6.45, 7) is 5.25. The highest BCUT2D eigenvalue weighted by molar-refractivity contribution is 5.87. The van der Waals surface area contributed by atoms with Crippen LogP contribution in [0.1, 0.15) is 22.7 Å². The van der Waals surface area contributed by atoms with Crippen molar-refractivity contribution in [2.75, 3.05) is 13.2 Å². The first-order chi connectivity index (χ1) is 13.1. The van der Waals surface area contributed by atoms with E-state index in [1.54, 1.807) is 12.3 Å². The largest absolute Gasteiger partial charge is 0.490 e. The maximum Gasteiger partial charge on any atom is 0.330 e. The molecule has 0 aliphatic rings. The number of aryl methyl sites for hydroxylation is 1. The summed E-state index contributed by atoms with van der Waals surface area (Å²) in [5.41, 5.74) is 3.16. The number of hydrogen-bond donors (Lipinski definition) is 0. The van der Waals surface area contributed by atoms with Gasteiger partial charge in [0, 0.05) is 17.5 Å². The standard InChI is InChI=1S/C22H23NO4/c1-17-15-19(18(2)23(17)16-21-9-6-12-25-21)10-11-22(24)27-14-13-26-20-7-4-3-5-8-20/h3-12,15H,13-14,16H2,1-2H3/b11-10+. The summed E-state index contributed by atoms with van der Waals surface area (Å²) >= 11 is 0. The number of ether oxygens (including phenoxy) is 2. The minimum Gasteiger partial charge on any atom is -0.490 e. The molecule has 0 aliphatic carbocycles. The van der Waals surface area contributed by atoms with Gasteiger partial charge in [-0.25, -0.2) is 4.79 Å². The van der Waals surface area contributed by atoms with Crippen LogP contribution in [0.4, 0.5) is 0 Å². The van der Waals surface area contributed by atoms with Crippen molar-refractivity contribution >= 4 is 12.0 Å². The lowest BCUT2D eigenvalue weighted by Gasteiger charge is -2.07. The monoisotopic (exact) mass is 365 g/mol. The van der Waals surface area contributed by atoms with Crippen molar-refractivity contribution in [2.45, 2.75) is 20.4 Å². The van der Waals surface area contributed by atoms with Crippen molar-refractivity contribution in [1.82, 2.24) is 4.57 Å². The van der Waals surface area contributed by atoms with E-state index in [-0.39, 0.29) is 12.6 Å². The number of hydrogen-bond acceptors (Lipinski definition) is 4. The second-order valence-corrected chi connectivity index (χ2v) is 6.15. The van der Waals surface area contributed by atoms with E-state index in [1.807, 2.05) is 62.4 Å². The third kappa shape index (κ3) is 5.14. The molecule has 0 amide bonds. The Morgan fingerprint density at radius 2 is 1.93 bits per heavy atom. The van der Waals surface area contributed by atoms with Gasteiger partial charge >= 0.3 is 5.97 Å². The molecule has 5 heteroatoms. The third-order valence-corrected chi connectivity index (χ3v) is 4.25. The van der Waals surface area contributed by atoms with Crippen molar-refractivity contribution < 1.29 is 18.7 Å². The predicted octanol–water partition coefficient (Wildman–Crippen LogP) is 4.38. The number of aromatic nitrogens is 1. The van der Waals surface area contributed by atoms with Crippen LogP contribution in [-0.4, -0.2) is 23.8 Å². The van der Waals surface area contributed by atoms with Crippen LogP contribution in [0.5, 0.6) is 5.75 Å². The molecule has 0 fully saturated rings. The maximum absolute atomic E-state index is 11.9. The summed E-state index contributed by atoms with van der Waals surface area (Å²) in [6, 6.07) is 15.3. The fraction of sp³-hybridized carbons (Fsp3) is 0.227. The van der Waals surface area contributed by atoms with E-state index in [2.05, 4.69) is 4.57 Å². The van der Waals surface area contributed by atoms with E-state index < -0.39 is 0 Å². The van der Waals surface area contributed by atoms with Crippen molar-refractivity contribution in [2.24, 2.45) is 0 Å². The number of benzene rings is 1. The van der Waals surface area contributed by atoms with Crippen LogP contribution in [0.15, 0.2) is 65.3 Å². The number of nitrogens with zero attached hydrogens (tertiary/aromatic N) is 1. The Hall–Kier alpha value is -3.21. The molecule has 0 aliphatic heterocycles. The van der Waals surface area contributed by atoms with E-state index in [0.29, 0.717) is 13.2 Å². The molecule has 0 spiro atoms. The first kappa shape index (κ1) is 18.6. The Morgan fingerprint density at radius 3 is 2.67 bits per heavy atom. The summed E-state index contributed by atoms with van der Waals surface area (Å²) in [4.78, 5) is 11.9. The lowest BCUT2D eigenvalue weighted by Crippen LogP contribution is -2.10. The van der Waals surface area contributed by atoms with Gasteiger partial charge in [-0.3, -0.25) is 0 Å². The molecule has 2 aromatic heterocycles. The topological polar surface area (TPSA) is 53.6 Å². The van der Waals surface area contributed by atoms with E-state index in [0.717, 1.165) is 28.5 Å². The quantitative estimate of drug-likeness (QED) is 0.338. The minimum absolute atomic E-state index is 0.204. The molecule has 140 valence electrons. The molecule has 0 N–H and O–H groups in total. The molecule has 0 bridgehead atoms. The van der Waals surface area contributed by atoms with E-state index in [4.69, 9.17) is 13.9 Å². The molecule has 27 heavy (non-hydrogen) atoms. The van der Waals surface area contributed by atoms with Gasteiger partial charge < -0.3 is 18.5 Å². The molecule has 0 saturated heterocycles. The first-order valence-corrected chi connectivity index (χ1v) is 8.85. The van der Waals surface area contributed by atoms with Crippen LogP contribution in [0, 0.1) is 13.8 Å². The van der Waals surface area contributed by atoms with Gasteiger partial charge in [0.25, 0.3) is 0 Å². The normalized spacial score (nSPS) is 11.0. The summed E-state index contributed by atoms with van der Waals surface area (Å²) in [5, 5.41) is 0. The van der Waals surface area contributed by atoms with Crippen LogP contribution in [0.25, 0.3) is 6.08 Å². The lowest BCUT2D eigenvalue weighted by atomic mass is 10.2. The summed E-state index contributed by atoms with van der Waals surface area (Å²) in [6.07, 6.45) is 4.89. The molecule has 0 saturated carbocycles. The highest BCUT2D eigenvalue weighted by Gasteiger charge is 2.09. The van der Waals surface area contributed by atoms with Gasteiger partial charge in [0.05, 0.1) is 12.8 Å². The Labute approximate surface area is 158 Å². The Bertz CT molecular complexity index is 892. The van der Waals surface area contributed by atoms with Crippen LogP contribution < -0.4 is 4.74 Å². The molecular formula is C22H23NO4. The number of para-hydroxylation sites is 1. The molecule has 0 radical (unpaired) electrons. The average Bonchev–Trinajstić information content (AvgIpc) is 3.28. The van der Waals surface area contributed by atoms with E-state index >= 15 is 0 Å². The van der Waals surface area contributed by atoms with Crippen molar-refractivity contribution in [1.29, 1.82) is 0 Å². The summed E-state index contributed by atoms with van der Waals surface area (Å²) < 4.78 is 18.2. The highest BCUT2D eigenvalue weighted by Crippen LogP contribution is 2.18. The number of esters is 1. The average molecular weight is 365 g/mol. The molecule has 3 rings (SSSR count). The van der Waals surface area contributed by atoms with Crippen molar-refractivity contribution in [3.8, 4) is 5.75 Å². The second kappa shape index (κ2) is 8.94. The molecular weight excluding hydrogens is 342 g/mol. The van der Waals surface area contributed by atoms with Gasteiger partial charge in [-0.2, -0.15) is 0 Å². The zero-order valence-electron chi connectivity index (χ0n) is 15.6. The van der Waals surface area contributed by atoms with E-state index in [1.165, 1.54) is 6.08 Å². The molecule has 0 unspecified atom stereocenters. The highest BCUT2D eigenvalue weighted by atomic mass is 16.6. The second-order valence-electron chi connectivity index (χ2n) is 6.15. The zero-order valence-corrected chi connectivity index (χ0v) is 15.6. The fourth-order valence-corrected chi connectivity index (χ4v) is 2.82. The number of carbonyl (C=O) groups is 1. The van der Waals surface area contributed by atoms with Crippen LogP contribution in [0.2, 0.25) is 0 Å². The van der Waals surface area contributed by atoms with Gasteiger partial charge in [0.1, 0.15) is 24.7 Å². The molecule has 1 aromatic carbocycles. The maximum atomic E-state index is 11.9. The minimum atomic E-state index is -0.387. The van der Waals surface area contributed by atoms with Crippen molar-refractivity contribution in [3.63, 3.8) is 0 Å². The van der Waals surface area contributed by atoms with Gasteiger partial charge in [0.2, 0.25) is 0 Å². The number of carbonyl (C=O) groups excluding carboxylic acids is 1. The predicted molar refractivity (Wildman–Crippen MR) is 104 cm³/mol. The Balaban J connectivity index is 1.50. The smallest absolute Gasteiger partial charge is 0.330 e. The van der Waals surface area contributed by atoms with Crippen LogP contribution in [0.3, 0.4) is 0 Å². The fourth-order valence-electron chi connectivity index (χ4n) is 2.82. The van der Waals surface area contributed by atoms with E-state index in [9.17, 15) is 4.79 Å². The first-order valence-electron chi connectivity index (χ1n) is 8.85. The zero-order chi connectivity index (χ0) is 19.1. The third-order valence-electron chi connectivity index (χ3n) is 4.25. The molecule has 5 nitrogen and oxygen atoms in total. The van der Waals surface area contributed by atoms with Crippen molar-refractivity contribution in [3.05, 3.63) is 83.6 Å². The Morgan fingerprint density at radius 1 is 1.11 bits per heavy atom. The van der Waals surface area contributed by atoms with Gasteiger partial charge in [-0.15, -0.1) is 0 Å². The van der Waals surface area contributed by atoms with Gasteiger partial charge in [-0.1, -0.05) is 18.2 Å². The summed E-state index contributed by atoms with van der Waals surface area (Å²) in [7, 11) is 0. The van der Waals surface area contributed by atoms with Crippen LogP contribution in [-0.2, 0) is 16.1 Å².